The van der Waals surface area contributed by atoms with Crippen molar-refractivity contribution in [3.8, 4) is 0 Å². The number of nitrogens with zero attached hydrogens (tertiary/aromatic N) is 4. The predicted octanol–water partition coefficient (Wildman–Crippen LogP) is 4.52. The maximum Gasteiger partial charge on any atom is 0.411 e. The van der Waals surface area contributed by atoms with Crippen LogP contribution in [-0.2, 0) is 14.0 Å². The number of rotatable bonds is 5. The highest BCUT2D eigenvalue weighted by Crippen LogP contribution is 2.50. The summed E-state index contributed by atoms with van der Waals surface area (Å²) in [5.74, 6) is 0.227. The Labute approximate surface area is 198 Å². The van der Waals surface area contributed by atoms with Gasteiger partial charge in [0.25, 0.3) is 5.91 Å². The molecule has 2 unspecified atom stereocenters. The highest BCUT2D eigenvalue weighted by Gasteiger charge is 2.68. The molecule has 4 atom stereocenters. The van der Waals surface area contributed by atoms with Crippen LogP contribution in [0, 0.1) is 0 Å². The SMILES string of the molecule is CC1N([C@@H](c2nnco2)[C@H](C)O[Si](C)(C)C(C)(C)C)C(=O)C12CCCN2C(=O)OC(C)(C)C. The third-order valence-corrected chi connectivity index (χ3v) is 12.0. The Hall–Kier alpha value is -1.94. The zero-order valence-corrected chi connectivity index (χ0v) is 22.8. The Balaban J connectivity index is 1.90. The van der Waals surface area contributed by atoms with Gasteiger partial charge in [0.1, 0.15) is 17.2 Å². The van der Waals surface area contributed by atoms with E-state index in [0.717, 1.165) is 6.42 Å². The van der Waals surface area contributed by atoms with E-state index in [1.807, 2.05) is 34.6 Å². The van der Waals surface area contributed by atoms with Crippen molar-refractivity contribution in [1.29, 1.82) is 0 Å². The molecule has 0 aromatic carbocycles. The minimum Gasteiger partial charge on any atom is -0.444 e. The molecule has 2 aliphatic rings. The number of β-lactam (4-membered cyclic amide) rings is 1. The number of hydrogen-bond acceptors (Lipinski definition) is 7. The number of carbonyl (C=O) groups excluding carboxylic acids is 2. The molecule has 2 amide bonds. The van der Waals surface area contributed by atoms with E-state index in [1.54, 1.807) is 9.80 Å². The van der Waals surface area contributed by atoms with Crippen molar-refractivity contribution in [2.75, 3.05) is 6.54 Å². The standard InChI is InChI=1S/C23H40N4O5Si/c1-15(32-33(9,10)22(6,7)8)17(18-25-24-14-30-18)27-16(2)23(19(27)28)12-11-13-26(23)20(29)31-21(3,4)5/h14-17H,11-13H2,1-10H3/t15-,16?,17+,23?/m0/s1. The molecule has 3 heterocycles. The van der Waals surface area contributed by atoms with Gasteiger partial charge in [-0.05, 0) is 65.6 Å². The van der Waals surface area contributed by atoms with Crippen LogP contribution in [0.4, 0.5) is 4.79 Å². The van der Waals surface area contributed by atoms with Crippen molar-refractivity contribution < 1.29 is 23.2 Å². The third kappa shape index (κ3) is 4.43. The van der Waals surface area contributed by atoms with Gasteiger partial charge in [-0.3, -0.25) is 9.69 Å². The molecule has 2 saturated heterocycles. The highest BCUT2D eigenvalue weighted by molar-refractivity contribution is 6.74. The monoisotopic (exact) mass is 480 g/mol. The van der Waals surface area contributed by atoms with E-state index < -0.39 is 31.6 Å². The average Bonchev–Trinajstić information content (AvgIpc) is 3.33. The fourth-order valence-corrected chi connectivity index (χ4v) is 6.15. The smallest absolute Gasteiger partial charge is 0.411 e. The molecule has 33 heavy (non-hydrogen) atoms. The Bertz CT molecular complexity index is 876. The van der Waals surface area contributed by atoms with Crippen molar-refractivity contribution in [3.63, 3.8) is 0 Å². The van der Waals surface area contributed by atoms with Gasteiger partial charge in [0.2, 0.25) is 12.3 Å². The molecule has 1 aromatic rings. The van der Waals surface area contributed by atoms with Crippen LogP contribution in [0.3, 0.4) is 0 Å². The van der Waals surface area contributed by atoms with Gasteiger partial charge in [-0.15, -0.1) is 10.2 Å². The summed E-state index contributed by atoms with van der Waals surface area (Å²) in [6.07, 6.45) is 1.83. The van der Waals surface area contributed by atoms with Gasteiger partial charge in [0.15, 0.2) is 8.32 Å². The number of amides is 2. The largest absolute Gasteiger partial charge is 0.444 e. The van der Waals surface area contributed by atoms with E-state index in [0.29, 0.717) is 18.9 Å². The number of aromatic nitrogens is 2. The molecule has 186 valence electrons. The topological polar surface area (TPSA) is 98.0 Å². The lowest BCUT2D eigenvalue weighted by atomic mass is 9.75. The summed E-state index contributed by atoms with van der Waals surface area (Å²) >= 11 is 0. The average molecular weight is 481 g/mol. The fraction of sp³-hybridized carbons (Fsp3) is 0.826. The first kappa shape index (κ1) is 25.7. The molecule has 9 nitrogen and oxygen atoms in total. The summed E-state index contributed by atoms with van der Waals surface area (Å²) in [6.45, 7) is 20.8. The second kappa shape index (κ2) is 8.37. The van der Waals surface area contributed by atoms with Crippen LogP contribution in [0.15, 0.2) is 10.8 Å². The van der Waals surface area contributed by atoms with E-state index in [4.69, 9.17) is 13.6 Å². The summed E-state index contributed by atoms with van der Waals surface area (Å²) in [6, 6.07) is -0.779. The molecule has 0 saturated carbocycles. The van der Waals surface area contributed by atoms with E-state index in [9.17, 15) is 9.59 Å². The summed E-state index contributed by atoms with van der Waals surface area (Å²) in [5, 5.41) is 7.99. The summed E-state index contributed by atoms with van der Waals surface area (Å²) in [7, 11) is -2.13. The molecular formula is C23H40N4O5Si. The van der Waals surface area contributed by atoms with Gasteiger partial charge < -0.3 is 18.5 Å². The number of likely N-dealkylation sites (tertiary alicyclic amines) is 2. The lowest BCUT2D eigenvalue weighted by molar-refractivity contribution is -0.182. The van der Waals surface area contributed by atoms with Crippen LogP contribution in [0.5, 0.6) is 0 Å². The second-order valence-electron chi connectivity index (χ2n) is 11.9. The van der Waals surface area contributed by atoms with Crippen LogP contribution in [0.25, 0.3) is 0 Å². The summed E-state index contributed by atoms with van der Waals surface area (Å²) in [5.41, 5.74) is -1.54. The van der Waals surface area contributed by atoms with Crippen LogP contribution in [-0.4, -0.2) is 70.1 Å². The van der Waals surface area contributed by atoms with Crippen molar-refractivity contribution in [2.24, 2.45) is 0 Å². The molecule has 10 heteroatoms. The van der Waals surface area contributed by atoms with Gasteiger partial charge in [-0.2, -0.15) is 0 Å². The number of ether oxygens (including phenoxy) is 1. The van der Waals surface area contributed by atoms with Crippen molar-refractivity contribution in [2.45, 2.75) is 116 Å². The molecule has 0 bridgehead atoms. The molecule has 1 aromatic heterocycles. The van der Waals surface area contributed by atoms with Gasteiger partial charge in [-0.25, -0.2) is 4.79 Å². The lowest BCUT2D eigenvalue weighted by Gasteiger charge is -2.59. The van der Waals surface area contributed by atoms with Crippen molar-refractivity contribution in [3.05, 3.63) is 12.3 Å². The van der Waals surface area contributed by atoms with Gasteiger partial charge >= 0.3 is 6.09 Å². The zero-order valence-electron chi connectivity index (χ0n) is 21.8. The molecule has 1 spiro atoms. The van der Waals surface area contributed by atoms with Crippen LogP contribution < -0.4 is 0 Å². The van der Waals surface area contributed by atoms with Gasteiger partial charge in [0, 0.05) is 6.54 Å². The number of hydrogen-bond donors (Lipinski definition) is 0. The molecular weight excluding hydrogens is 440 g/mol. The molecule has 0 N–H and O–H groups in total. The Morgan fingerprint density at radius 3 is 2.39 bits per heavy atom. The Morgan fingerprint density at radius 2 is 1.91 bits per heavy atom. The quantitative estimate of drug-likeness (QED) is 0.451. The molecule has 0 aliphatic carbocycles. The van der Waals surface area contributed by atoms with Crippen LogP contribution in [0.1, 0.15) is 80.2 Å². The van der Waals surface area contributed by atoms with E-state index in [1.165, 1.54) is 6.39 Å². The van der Waals surface area contributed by atoms with Crippen molar-refractivity contribution in [1.82, 2.24) is 20.0 Å². The Kier molecular flexibility index (Phi) is 6.51. The number of carbonyl (C=O) groups is 2. The minimum atomic E-state index is -2.13. The highest BCUT2D eigenvalue weighted by atomic mass is 28.4. The molecule has 2 fully saturated rings. The fourth-order valence-electron chi connectivity index (χ4n) is 4.74. The Morgan fingerprint density at radius 1 is 1.27 bits per heavy atom. The first-order chi connectivity index (χ1) is 15.0. The summed E-state index contributed by atoms with van der Waals surface area (Å²) < 4.78 is 17.8. The van der Waals surface area contributed by atoms with Gasteiger partial charge in [0.05, 0.1) is 12.1 Å². The van der Waals surface area contributed by atoms with E-state index >= 15 is 0 Å². The third-order valence-electron chi connectivity index (χ3n) is 7.41. The van der Waals surface area contributed by atoms with E-state index in [2.05, 4.69) is 44.1 Å². The minimum absolute atomic E-state index is 0.00537. The second-order valence-corrected chi connectivity index (χ2v) is 16.6. The first-order valence-electron chi connectivity index (χ1n) is 11.8. The molecule has 3 rings (SSSR count). The van der Waals surface area contributed by atoms with E-state index in [-0.39, 0.29) is 23.1 Å². The maximum absolute atomic E-state index is 13.8. The normalized spacial score (nSPS) is 25.9. The lowest BCUT2D eigenvalue weighted by Crippen LogP contribution is -2.79. The zero-order chi connectivity index (χ0) is 25.0. The van der Waals surface area contributed by atoms with Crippen molar-refractivity contribution >= 4 is 20.3 Å². The molecule has 2 aliphatic heterocycles. The van der Waals surface area contributed by atoms with Crippen LogP contribution in [0.2, 0.25) is 18.1 Å². The molecule has 0 radical (unpaired) electrons. The maximum atomic E-state index is 13.8. The van der Waals surface area contributed by atoms with Gasteiger partial charge in [-0.1, -0.05) is 20.8 Å². The predicted molar refractivity (Wildman–Crippen MR) is 126 cm³/mol. The van der Waals surface area contributed by atoms with Crippen LogP contribution >= 0.6 is 0 Å². The first-order valence-corrected chi connectivity index (χ1v) is 14.7. The summed E-state index contributed by atoms with van der Waals surface area (Å²) in [4.78, 5) is 30.2.